The number of benzene rings is 2. The molecule has 185 valence electrons. The van der Waals surface area contributed by atoms with Gasteiger partial charge in [-0.15, -0.1) is 0 Å². The highest BCUT2D eigenvalue weighted by Gasteiger charge is 2.23. The molecule has 0 aliphatic carbocycles. The van der Waals surface area contributed by atoms with Crippen LogP contribution >= 0.6 is 0 Å². The molecule has 2 aromatic carbocycles. The van der Waals surface area contributed by atoms with Gasteiger partial charge in [0.15, 0.2) is 9.84 Å². The number of amides is 1. The van der Waals surface area contributed by atoms with Gasteiger partial charge in [-0.05, 0) is 60.2 Å². The SMILES string of the molecule is COc1ccc(-c2cc3c(c(Nc4ccc(N5CCOCC5)cc4)n2)C(=O)[N]C=C3)cc1S(C)(=O)=O. The number of morpholine rings is 1. The maximum absolute atomic E-state index is 12.7. The molecule has 1 amide bonds. The number of methoxy groups -OCH3 is 1. The standard InChI is InChI=1S/C26H25N4O5S/c1-34-22-8-3-17(16-23(22)36(2,32)33)21-15-18-9-10-27-26(31)24(18)25(29-21)28-19-4-6-20(7-5-19)30-11-13-35-14-12-30/h3-10,15-16H,11-14H2,1-2H3,(H,28,29). The molecule has 1 saturated heterocycles. The largest absolute Gasteiger partial charge is 0.495 e. The minimum absolute atomic E-state index is 0.0665. The van der Waals surface area contributed by atoms with E-state index in [4.69, 9.17) is 14.5 Å². The normalized spacial score (nSPS) is 15.3. The average molecular weight is 506 g/mol. The first-order valence-electron chi connectivity index (χ1n) is 11.4. The molecule has 2 aliphatic rings. The van der Waals surface area contributed by atoms with Crippen LogP contribution in [-0.2, 0) is 14.6 Å². The summed E-state index contributed by atoms with van der Waals surface area (Å²) in [6.07, 6.45) is 4.31. The van der Waals surface area contributed by atoms with Crippen molar-refractivity contribution in [3.8, 4) is 17.0 Å². The molecule has 0 saturated carbocycles. The summed E-state index contributed by atoms with van der Waals surface area (Å²) in [5, 5.41) is 7.16. The number of carbonyl (C=O) groups is 1. The average Bonchev–Trinajstić information content (AvgIpc) is 2.88. The minimum Gasteiger partial charge on any atom is -0.495 e. The highest BCUT2D eigenvalue weighted by Crippen LogP contribution is 2.34. The van der Waals surface area contributed by atoms with Gasteiger partial charge in [0, 0.05) is 42.5 Å². The number of aromatic nitrogens is 1. The Kier molecular flexibility index (Phi) is 6.38. The van der Waals surface area contributed by atoms with Crippen LogP contribution < -0.4 is 20.3 Å². The zero-order valence-corrected chi connectivity index (χ0v) is 20.7. The lowest BCUT2D eigenvalue weighted by Crippen LogP contribution is -2.36. The zero-order valence-electron chi connectivity index (χ0n) is 19.9. The second-order valence-electron chi connectivity index (χ2n) is 8.48. The fourth-order valence-corrected chi connectivity index (χ4v) is 5.11. The Bertz CT molecular complexity index is 1450. The van der Waals surface area contributed by atoms with Crippen molar-refractivity contribution >= 4 is 39.0 Å². The summed E-state index contributed by atoms with van der Waals surface area (Å²) in [7, 11) is -2.11. The molecule has 1 radical (unpaired) electrons. The zero-order chi connectivity index (χ0) is 25.3. The first-order valence-corrected chi connectivity index (χ1v) is 13.3. The summed E-state index contributed by atoms with van der Waals surface area (Å²) in [6.45, 7) is 3.08. The second-order valence-corrected chi connectivity index (χ2v) is 10.5. The van der Waals surface area contributed by atoms with Crippen molar-refractivity contribution < 1.29 is 22.7 Å². The van der Waals surface area contributed by atoms with E-state index in [9.17, 15) is 13.2 Å². The highest BCUT2D eigenvalue weighted by atomic mass is 32.2. The van der Waals surface area contributed by atoms with Crippen LogP contribution in [0.25, 0.3) is 17.3 Å². The van der Waals surface area contributed by atoms with Gasteiger partial charge >= 0.3 is 0 Å². The number of anilines is 3. The first kappa shape index (κ1) is 23.8. The van der Waals surface area contributed by atoms with Gasteiger partial charge in [0.25, 0.3) is 5.91 Å². The number of nitrogens with one attached hydrogen (secondary N) is 1. The Hall–Kier alpha value is -3.89. The van der Waals surface area contributed by atoms with E-state index in [1.165, 1.54) is 19.4 Å². The number of ether oxygens (including phenoxy) is 2. The van der Waals surface area contributed by atoms with Gasteiger partial charge < -0.3 is 19.7 Å². The molecular formula is C26H25N4O5S. The maximum Gasteiger partial charge on any atom is 0.281 e. The van der Waals surface area contributed by atoms with Gasteiger partial charge in [-0.25, -0.2) is 18.7 Å². The number of carbonyl (C=O) groups excluding carboxylic acids is 1. The molecule has 0 unspecified atom stereocenters. The summed E-state index contributed by atoms with van der Waals surface area (Å²) >= 11 is 0. The lowest BCUT2D eigenvalue weighted by atomic mass is 10.0. The molecular weight excluding hydrogens is 480 g/mol. The third kappa shape index (κ3) is 4.77. The predicted octanol–water partition coefficient (Wildman–Crippen LogP) is 3.47. The van der Waals surface area contributed by atoms with E-state index >= 15 is 0 Å². The topological polar surface area (TPSA) is 112 Å². The molecule has 3 heterocycles. The van der Waals surface area contributed by atoms with Crippen LogP contribution in [0.4, 0.5) is 17.2 Å². The predicted molar refractivity (Wildman–Crippen MR) is 138 cm³/mol. The molecule has 0 bridgehead atoms. The summed E-state index contributed by atoms with van der Waals surface area (Å²) in [6, 6.07) is 14.5. The minimum atomic E-state index is -3.54. The van der Waals surface area contributed by atoms with Gasteiger partial charge in [0.2, 0.25) is 0 Å². The lowest BCUT2D eigenvalue weighted by molar-refractivity contribution is 0.0965. The van der Waals surface area contributed by atoms with Crippen molar-refractivity contribution in [3.63, 3.8) is 0 Å². The Balaban J connectivity index is 1.54. The van der Waals surface area contributed by atoms with Crippen molar-refractivity contribution in [3.05, 3.63) is 65.9 Å². The van der Waals surface area contributed by atoms with Crippen molar-refractivity contribution in [1.82, 2.24) is 10.3 Å². The molecule has 0 atom stereocenters. The van der Waals surface area contributed by atoms with Crippen LogP contribution in [0.5, 0.6) is 5.75 Å². The summed E-state index contributed by atoms with van der Waals surface area (Å²) < 4.78 is 35.3. The smallest absolute Gasteiger partial charge is 0.281 e. The van der Waals surface area contributed by atoms with E-state index in [1.54, 1.807) is 24.3 Å². The number of fused-ring (bicyclic) bond motifs is 1. The molecule has 3 aromatic rings. The van der Waals surface area contributed by atoms with Crippen molar-refractivity contribution in [2.45, 2.75) is 4.90 Å². The fraction of sp³-hybridized carbons (Fsp3) is 0.231. The first-order chi connectivity index (χ1) is 17.3. The lowest BCUT2D eigenvalue weighted by Gasteiger charge is -2.29. The van der Waals surface area contributed by atoms with Gasteiger partial charge in [0.05, 0.1) is 31.6 Å². The Morgan fingerprint density at radius 2 is 1.81 bits per heavy atom. The van der Waals surface area contributed by atoms with E-state index in [0.29, 0.717) is 41.4 Å². The number of nitrogens with zero attached hydrogens (tertiary/aromatic N) is 3. The second kappa shape index (κ2) is 9.63. The number of sulfone groups is 1. The molecule has 36 heavy (non-hydrogen) atoms. The third-order valence-corrected chi connectivity index (χ3v) is 7.19. The highest BCUT2D eigenvalue weighted by molar-refractivity contribution is 7.90. The Morgan fingerprint density at radius 1 is 1.06 bits per heavy atom. The third-order valence-electron chi connectivity index (χ3n) is 6.07. The van der Waals surface area contributed by atoms with E-state index in [-0.39, 0.29) is 10.6 Å². The molecule has 1 fully saturated rings. The summed E-state index contributed by atoms with van der Waals surface area (Å²) in [5.41, 5.74) is 3.93. The summed E-state index contributed by atoms with van der Waals surface area (Å²) in [4.78, 5) is 19.7. The van der Waals surface area contributed by atoms with Crippen LogP contribution in [0.3, 0.4) is 0 Å². The van der Waals surface area contributed by atoms with E-state index in [1.807, 2.05) is 24.3 Å². The molecule has 5 rings (SSSR count). The molecule has 1 aromatic heterocycles. The van der Waals surface area contributed by atoms with Crippen LogP contribution in [0.1, 0.15) is 15.9 Å². The van der Waals surface area contributed by atoms with Gasteiger partial charge in [0.1, 0.15) is 16.5 Å². The number of hydrogen-bond donors (Lipinski definition) is 1. The van der Waals surface area contributed by atoms with Crippen molar-refractivity contribution in [2.24, 2.45) is 0 Å². The Morgan fingerprint density at radius 3 is 2.50 bits per heavy atom. The quantitative estimate of drug-likeness (QED) is 0.542. The van der Waals surface area contributed by atoms with Gasteiger partial charge in [-0.2, -0.15) is 0 Å². The van der Waals surface area contributed by atoms with E-state index < -0.39 is 15.7 Å². The molecule has 2 aliphatic heterocycles. The molecule has 9 nitrogen and oxygen atoms in total. The molecule has 0 spiro atoms. The van der Waals surface area contributed by atoms with Gasteiger partial charge in [-0.3, -0.25) is 4.79 Å². The van der Waals surface area contributed by atoms with Crippen LogP contribution in [-0.4, -0.2) is 59.0 Å². The van der Waals surface area contributed by atoms with Crippen molar-refractivity contribution in [1.29, 1.82) is 0 Å². The summed E-state index contributed by atoms with van der Waals surface area (Å²) in [5.74, 6) is 0.203. The van der Waals surface area contributed by atoms with Gasteiger partial charge in [-0.1, -0.05) is 0 Å². The molecule has 1 N–H and O–H groups in total. The number of hydrogen-bond acceptors (Lipinski definition) is 8. The Labute approximate surface area is 209 Å². The van der Waals surface area contributed by atoms with Crippen LogP contribution in [0.15, 0.2) is 59.6 Å². The van der Waals surface area contributed by atoms with E-state index in [0.717, 1.165) is 30.7 Å². The van der Waals surface area contributed by atoms with Crippen molar-refractivity contribution in [2.75, 3.05) is 49.9 Å². The fourth-order valence-electron chi connectivity index (χ4n) is 4.25. The van der Waals surface area contributed by atoms with Crippen LogP contribution in [0, 0.1) is 0 Å². The van der Waals surface area contributed by atoms with Crippen LogP contribution in [0.2, 0.25) is 0 Å². The number of rotatable bonds is 6. The molecule has 10 heteroatoms. The monoisotopic (exact) mass is 505 g/mol. The maximum atomic E-state index is 12.7. The van der Waals surface area contributed by atoms with E-state index in [2.05, 4.69) is 15.5 Å². The number of pyridine rings is 1.